The van der Waals surface area contributed by atoms with Crippen molar-refractivity contribution in [1.82, 2.24) is 19.5 Å². The zero-order chi connectivity index (χ0) is 48.1. The first-order valence-corrected chi connectivity index (χ1v) is 25.7. The highest BCUT2D eigenvalue weighted by atomic mass is 32.1. The Bertz CT molecular complexity index is 4330. The molecule has 72 heavy (non-hydrogen) atoms. The molecule has 0 saturated heterocycles. The number of hydrogen-bond acceptors (Lipinski definition) is 4. The Kier molecular flexibility index (Phi) is 10.9. The Hall–Kier alpha value is -8.77. The highest BCUT2D eigenvalue weighted by Crippen LogP contribution is 2.46. The summed E-state index contributed by atoms with van der Waals surface area (Å²) in [7, 11) is 0. The molecule has 0 spiro atoms. The lowest BCUT2D eigenvalue weighted by Gasteiger charge is -2.15. The summed E-state index contributed by atoms with van der Waals surface area (Å²) < 4.78 is 4.89. The van der Waals surface area contributed by atoms with E-state index < -0.39 is 0 Å². The minimum absolute atomic E-state index is 0.564. The van der Waals surface area contributed by atoms with Crippen LogP contribution in [0.15, 0.2) is 231 Å². The molecule has 3 heterocycles. The van der Waals surface area contributed by atoms with Gasteiger partial charge in [-0.3, -0.25) is 4.57 Å². The van der Waals surface area contributed by atoms with Gasteiger partial charge in [-0.05, 0) is 73.3 Å². The number of rotatable bonds is 6. The van der Waals surface area contributed by atoms with Crippen LogP contribution in [-0.4, -0.2) is 19.5 Å². The molecule has 1 aliphatic rings. The number of hydrogen-bond donors (Lipinski definition) is 0. The maximum absolute atomic E-state index is 5.53. The van der Waals surface area contributed by atoms with Crippen LogP contribution in [0.2, 0.25) is 0 Å². The molecule has 0 radical (unpaired) electrons. The van der Waals surface area contributed by atoms with Crippen molar-refractivity contribution in [2.24, 2.45) is 0 Å². The second-order valence-corrected chi connectivity index (χ2v) is 19.6. The van der Waals surface area contributed by atoms with E-state index in [0.717, 1.165) is 67.2 Å². The highest BCUT2D eigenvalue weighted by molar-refractivity contribution is 7.26. The fourth-order valence-corrected chi connectivity index (χ4v) is 11.8. The molecule has 3 aromatic heterocycles. The first kappa shape index (κ1) is 43.3. The topological polar surface area (TPSA) is 43.6 Å². The Labute approximate surface area is 422 Å². The lowest BCUT2D eigenvalue weighted by molar-refractivity contribution is 0.955. The third-order valence-corrected chi connectivity index (χ3v) is 15.0. The first-order valence-electron chi connectivity index (χ1n) is 24.9. The number of fused-ring (bicyclic) bond motifs is 13. The summed E-state index contributed by atoms with van der Waals surface area (Å²) >= 11 is 1.86. The summed E-state index contributed by atoms with van der Waals surface area (Å²) in [5, 5.41) is 12.2. The van der Waals surface area contributed by atoms with Gasteiger partial charge in [-0.15, -0.1) is 11.3 Å². The van der Waals surface area contributed by atoms with Gasteiger partial charge in [-0.2, -0.15) is 9.97 Å². The molecule has 0 atom stereocenters. The summed E-state index contributed by atoms with van der Waals surface area (Å²) in [6.07, 6.45) is 13.0. The molecule has 0 amide bonds. The van der Waals surface area contributed by atoms with Crippen molar-refractivity contribution in [3.63, 3.8) is 0 Å². The molecular formula is C67H48N4S. The van der Waals surface area contributed by atoms with Gasteiger partial charge in [0.05, 0.1) is 11.0 Å². The number of benzene rings is 10. The number of allylic oxidation sites excluding steroid dienone is 6. The molecule has 10 aromatic carbocycles. The molecular weight excluding hydrogens is 893 g/mol. The van der Waals surface area contributed by atoms with Crippen LogP contribution in [0.5, 0.6) is 0 Å². The predicted molar refractivity (Wildman–Crippen MR) is 308 cm³/mol. The molecule has 0 aliphatic heterocycles. The second-order valence-electron chi connectivity index (χ2n) is 18.5. The van der Waals surface area contributed by atoms with Crippen LogP contribution in [0, 0.1) is 0 Å². The highest BCUT2D eigenvalue weighted by Gasteiger charge is 2.25. The lowest BCUT2D eigenvalue weighted by Crippen LogP contribution is -2.07. The number of thiophene rings is 1. The molecule has 0 bridgehead atoms. The number of para-hydroxylation sites is 1. The van der Waals surface area contributed by atoms with Crippen molar-refractivity contribution in [2.45, 2.75) is 26.7 Å². The maximum atomic E-state index is 5.53. The Morgan fingerprint density at radius 3 is 1.78 bits per heavy atom. The molecule has 0 N–H and O–H groups in total. The van der Waals surface area contributed by atoms with E-state index in [1.165, 1.54) is 64.5 Å². The third kappa shape index (κ3) is 7.40. The fourth-order valence-electron chi connectivity index (χ4n) is 10.6. The Morgan fingerprint density at radius 2 is 1.03 bits per heavy atom. The van der Waals surface area contributed by atoms with Crippen LogP contribution in [0.3, 0.4) is 0 Å². The Balaban J connectivity index is 0.00000164. The number of aromatic nitrogens is 4. The summed E-state index contributed by atoms with van der Waals surface area (Å²) in [5.74, 6) is 1.78. The van der Waals surface area contributed by atoms with Gasteiger partial charge in [0.1, 0.15) is 0 Å². The van der Waals surface area contributed by atoms with Crippen LogP contribution in [-0.2, 0) is 0 Å². The van der Waals surface area contributed by atoms with Crippen LogP contribution in [0.4, 0.5) is 0 Å². The van der Waals surface area contributed by atoms with Crippen LogP contribution >= 0.6 is 11.3 Å². The van der Waals surface area contributed by atoms with E-state index in [1.54, 1.807) is 0 Å². The lowest BCUT2D eigenvalue weighted by atomic mass is 9.95. The zero-order valence-electron chi connectivity index (χ0n) is 40.1. The largest absolute Gasteiger partial charge is 0.277 e. The molecule has 0 unspecified atom stereocenters. The van der Waals surface area contributed by atoms with Gasteiger partial charge in [0, 0.05) is 53.0 Å². The average Bonchev–Trinajstić information content (AvgIpc) is 3.88. The SMILES string of the molecule is C1=CCC=C(c2ccc(-c3nc(-c4ccc(-c5ccccc5)cc4)nc(-n4c5c(-c6ccc7c(c6)sc6ccc8ccccc8c67)cccc5c5c6ccccc6c6ccccc6c54)n3)cc2)C=C1.CCC. The van der Waals surface area contributed by atoms with Crippen molar-refractivity contribution < 1.29 is 0 Å². The molecule has 1 aliphatic carbocycles. The molecule has 0 fully saturated rings. The fraction of sp³-hybridized carbons (Fsp3) is 0.0597. The summed E-state index contributed by atoms with van der Waals surface area (Å²) in [4.78, 5) is 16.4. The van der Waals surface area contributed by atoms with E-state index >= 15 is 0 Å². The molecule has 14 rings (SSSR count). The van der Waals surface area contributed by atoms with Gasteiger partial charge >= 0.3 is 0 Å². The maximum Gasteiger partial charge on any atom is 0.238 e. The standard InChI is InChI=1S/C64H40N4S.C3H8/c1-2-5-16-40(15-4-1)42-27-31-45(32-28-42)62-65-63(46-33-29-43(30-34-46)41-17-6-3-7-18-41)67-64(66-62)68-60-49(47-35-37-54-57(39-47)69-56-38-36-44-19-8-9-20-48(44)58(54)56)25-14-26-55(60)59-52-23-12-10-21-50(52)51-22-11-13-24-53(51)61(59)68;1-3-2/h1-4,6-39H,5H2;3H2,1-2H3. The van der Waals surface area contributed by atoms with Crippen LogP contribution in [0.1, 0.15) is 32.3 Å². The minimum atomic E-state index is 0.564. The predicted octanol–water partition coefficient (Wildman–Crippen LogP) is 18.8. The minimum Gasteiger partial charge on any atom is -0.277 e. The van der Waals surface area contributed by atoms with E-state index in [9.17, 15) is 0 Å². The van der Waals surface area contributed by atoms with Crippen molar-refractivity contribution in [2.75, 3.05) is 0 Å². The van der Waals surface area contributed by atoms with Gasteiger partial charge in [0.15, 0.2) is 11.6 Å². The van der Waals surface area contributed by atoms with E-state index in [-0.39, 0.29) is 0 Å². The van der Waals surface area contributed by atoms with E-state index in [1.807, 2.05) is 11.3 Å². The van der Waals surface area contributed by atoms with Gasteiger partial charge in [0.2, 0.25) is 5.95 Å². The van der Waals surface area contributed by atoms with E-state index in [2.05, 4.69) is 249 Å². The average molecular weight is 941 g/mol. The van der Waals surface area contributed by atoms with E-state index in [4.69, 9.17) is 15.0 Å². The summed E-state index contributed by atoms with van der Waals surface area (Å²) in [6, 6.07) is 72.4. The third-order valence-electron chi connectivity index (χ3n) is 13.9. The first-order chi connectivity index (χ1) is 35.6. The van der Waals surface area contributed by atoms with Gasteiger partial charge in [-0.1, -0.05) is 239 Å². The smallest absolute Gasteiger partial charge is 0.238 e. The number of nitrogens with zero attached hydrogens (tertiary/aromatic N) is 4. The summed E-state index contributed by atoms with van der Waals surface area (Å²) in [6.45, 7) is 4.25. The zero-order valence-corrected chi connectivity index (χ0v) is 40.9. The van der Waals surface area contributed by atoms with Crippen LogP contribution in [0.25, 0.3) is 131 Å². The van der Waals surface area contributed by atoms with Gasteiger partial charge in [-0.25, -0.2) is 4.98 Å². The van der Waals surface area contributed by atoms with Crippen molar-refractivity contribution >= 4 is 91.2 Å². The second kappa shape index (κ2) is 18.2. The van der Waals surface area contributed by atoms with Crippen molar-refractivity contribution in [1.29, 1.82) is 0 Å². The molecule has 4 nitrogen and oxygen atoms in total. The van der Waals surface area contributed by atoms with Crippen molar-refractivity contribution in [3.8, 4) is 51.0 Å². The molecule has 13 aromatic rings. The molecule has 5 heteroatoms. The van der Waals surface area contributed by atoms with Crippen molar-refractivity contribution in [3.05, 3.63) is 236 Å². The molecule has 0 saturated carbocycles. The van der Waals surface area contributed by atoms with E-state index in [0.29, 0.717) is 17.6 Å². The summed E-state index contributed by atoms with van der Waals surface area (Å²) in [5.41, 5.74) is 10.8. The monoisotopic (exact) mass is 940 g/mol. The van der Waals surface area contributed by atoms with Gasteiger partial charge < -0.3 is 0 Å². The quantitative estimate of drug-likeness (QED) is 0.156. The normalized spacial score (nSPS) is 12.6. The molecule has 342 valence electrons. The Morgan fingerprint density at radius 1 is 0.431 bits per heavy atom. The van der Waals surface area contributed by atoms with Gasteiger partial charge in [0.25, 0.3) is 0 Å². The van der Waals surface area contributed by atoms with Crippen LogP contribution < -0.4 is 0 Å².